The summed E-state index contributed by atoms with van der Waals surface area (Å²) in [6.07, 6.45) is 3.81. The van der Waals surface area contributed by atoms with Crippen molar-refractivity contribution >= 4 is 0 Å². The average molecular weight is 234 g/mol. The third-order valence-corrected chi connectivity index (χ3v) is 4.35. The molecule has 1 unspecified atom stereocenters. The highest BCUT2D eigenvalue weighted by Gasteiger charge is 2.44. The Morgan fingerprint density at radius 1 is 1.29 bits per heavy atom. The summed E-state index contributed by atoms with van der Waals surface area (Å²) in [5.41, 5.74) is 0.579. The highest BCUT2D eigenvalue weighted by molar-refractivity contribution is 5.20. The van der Waals surface area contributed by atoms with E-state index in [2.05, 4.69) is 6.92 Å². The van der Waals surface area contributed by atoms with Crippen LogP contribution >= 0.6 is 0 Å². The van der Waals surface area contributed by atoms with Crippen molar-refractivity contribution in [3.8, 4) is 0 Å². The van der Waals surface area contributed by atoms with Gasteiger partial charge in [0.2, 0.25) is 0 Å². The second kappa shape index (κ2) is 5.19. The Balaban J connectivity index is 2.28. The Morgan fingerprint density at radius 2 is 2.00 bits per heavy atom. The Hall–Kier alpha value is -0.860. The third-order valence-electron chi connectivity index (χ3n) is 4.35. The van der Waals surface area contributed by atoms with E-state index < -0.39 is 6.10 Å². The lowest BCUT2D eigenvalue weighted by Crippen LogP contribution is -2.42. The lowest BCUT2D eigenvalue weighted by atomic mass is 9.65. The summed E-state index contributed by atoms with van der Waals surface area (Å²) >= 11 is 0. The maximum absolute atomic E-state index is 10.6. The number of benzene rings is 1. The van der Waals surface area contributed by atoms with Crippen molar-refractivity contribution in [1.29, 1.82) is 0 Å². The number of hydrogen-bond donors (Lipinski definition) is 2. The van der Waals surface area contributed by atoms with Crippen LogP contribution in [0.2, 0.25) is 0 Å². The Kier molecular flexibility index (Phi) is 3.85. The molecule has 2 rings (SSSR count). The van der Waals surface area contributed by atoms with Crippen LogP contribution in [-0.2, 0) is 0 Å². The zero-order chi connectivity index (χ0) is 12.3. The molecular formula is C15H22O2. The summed E-state index contributed by atoms with van der Waals surface area (Å²) in [5.74, 6) is 0. The van der Waals surface area contributed by atoms with Crippen LogP contribution in [0.1, 0.15) is 50.7 Å². The van der Waals surface area contributed by atoms with Gasteiger partial charge in [0.1, 0.15) is 0 Å². The molecule has 1 saturated carbocycles. The summed E-state index contributed by atoms with van der Waals surface area (Å²) < 4.78 is 0. The quantitative estimate of drug-likeness (QED) is 0.844. The summed E-state index contributed by atoms with van der Waals surface area (Å²) in [6.45, 7) is 2.07. The Labute approximate surface area is 103 Å². The first-order valence-electron chi connectivity index (χ1n) is 6.62. The first kappa shape index (κ1) is 12.6. The SMILES string of the molecule is CC[C@]1(C(O)c2ccccc2)CCCC[C@@H]1O. The molecule has 1 aliphatic carbocycles. The fourth-order valence-corrected chi connectivity index (χ4v) is 3.14. The molecule has 0 radical (unpaired) electrons. The normalized spacial score (nSPS) is 31.1. The lowest BCUT2D eigenvalue weighted by Gasteiger charge is -2.44. The molecule has 0 aromatic heterocycles. The average Bonchev–Trinajstić information content (AvgIpc) is 2.40. The van der Waals surface area contributed by atoms with Gasteiger partial charge in [-0.3, -0.25) is 0 Å². The summed E-state index contributed by atoms with van der Waals surface area (Å²) in [6, 6.07) is 9.73. The summed E-state index contributed by atoms with van der Waals surface area (Å²) in [4.78, 5) is 0. The molecule has 1 aliphatic rings. The summed E-state index contributed by atoms with van der Waals surface area (Å²) in [5, 5.41) is 20.9. The molecule has 2 N–H and O–H groups in total. The zero-order valence-corrected chi connectivity index (χ0v) is 10.5. The Morgan fingerprint density at radius 3 is 2.59 bits per heavy atom. The van der Waals surface area contributed by atoms with Gasteiger partial charge in [-0.2, -0.15) is 0 Å². The predicted octanol–water partition coefficient (Wildman–Crippen LogP) is 3.05. The van der Waals surface area contributed by atoms with Crippen molar-refractivity contribution in [1.82, 2.24) is 0 Å². The number of aliphatic hydroxyl groups excluding tert-OH is 2. The van der Waals surface area contributed by atoms with Crippen molar-refractivity contribution in [3.63, 3.8) is 0 Å². The molecule has 0 saturated heterocycles. The van der Waals surface area contributed by atoms with Crippen molar-refractivity contribution in [2.45, 2.75) is 51.2 Å². The molecule has 2 nitrogen and oxygen atoms in total. The topological polar surface area (TPSA) is 40.5 Å². The summed E-state index contributed by atoms with van der Waals surface area (Å²) in [7, 11) is 0. The fourth-order valence-electron chi connectivity index (χ4n) is 3.14. The molecule has 0 aliphatic heterocycles. The second-order valence-corrected chi connectivity index (χ2v) is 5.16. The van der Waals surface area contributed by atoms with Crippen LogP contribution in [0.4, 0.5) is 0 Å². The minimum Gasteiger partial charge on any atom is -0.392 e. The molecule has 0 bridgehead atoms. The molecule has 1 aromatic rings. The monoisotopic (exact) mass is 234 g/mol. The first-order chi connectivity index (χ1) is 8.20. The van der Waals surface area contributed by atoms with E-state index in [-0.39, 0.29) is 11.5 Å². The lowest BCUT2D eigenvalue weighted by molar-refractivity contribution is -0.0994. The largest absolute Gasteiger partial charge is 0.392 e. The van der Waals surface area contributed by atoms with Gasteiger partial charge >= 0.3 is 0 Å². The molecule has 94 valence electrons. The van der Waals surface area contributed by atoms with Crippen molar-refractivity contribution in [2.75, 3.05) is 0 Å². The van der Waals surface area contributed by atoms with E-state index in [1.54, 1.807) is 0 Å². The number of hydrogen-bond acceptors (Lipinski definition) is 2. The van der Waals surface area contributed by atoms with Crippen LogP contribution in [0.25, 0.3) is 0 Å². The van der Waals surface area contributed by atoms with E-state index in [0.717, 1.165) is 37.7 Å². The van der Waals surface area contributed by atoms with E-state index in [0.29, 0.717) is 0 Å². The van der Waals surface area contributed by atoms with Crippen molar-refractivity contribution in [3.05, 3.63) is 35.9 Å². The molecule has 1 fully saturated rings. The van der Waals surface area contributed by atoms with Crippen molar-refractivity contribution in [2.24, 2.45) is 5.41 Å². The molecule has 1 aromatic carbocycles. The van der Waals surface area contributed by atoms with Gasteiger partial charge in [0, 0.05) is 5.41 Å². The second-order valence-electron chi connectivity index (χ2n) is 5.16. The smallest absolute Gasteiger partial charge is 0.0870 e. The van der Waals surface area contributed by atoms with Crippen molar-refractivity contribution < 1.29 is 10.2 Å². The van der Waals surface area contributed by atoms with Gasteiger partial charge in [-0.1, -0.05) is 50.1 Å². The van der Waals surface area contributed by atoms with E-state index in [9.17, 15) is 10.2 Å². The van der Waals surface area contributed by atoms with Gasteiger partial charge in [-0.25, -0.2) is 0 Å². The minimum absolute atomic E-state index is 0.348. The van der Waals surface area contributed by atoms with Gasteiger partial charge in [-0.05, 0) is 24.8 Å². The molecule has 17 heavy (non-hydrogen) atoms. The molecule has 3 atom stereocenters. The van der Waals surface area contributed by atoms with Gasteiger partial charge in [0.15, 0.2) is 0 Å². The van der Waals surface area contributed by atoms with E-state index >= 15 is 0 Å². The van der Waals surface area contributed by atoms with Crippen LogP contribution in [0, 0.1) is 5.41 Å². The van der Waals surface area contributed by atoms with Crippen LogP contribution in [0.5, 0.6) is 0 Å². The van der Waals surface area contributed by atoms with Gasteiger partial charge in [-0.15, -0.1) is 0 Å². The fraction of sp³-hybridized carbons (Fsp3) is 0.600. The highest BCUT2D eigenvalue weighted by atomic mass is 16.3. The number of aliphatic hydroxyl groups is 2. The van der Waals surface area contributed by atoms with E-state index in [1.165, 1.54) is 0 Å². The van der Waals surface area contributed by atoms with Crippen LogP contribution in [-0.4, -0.2) is 16.3 Å². The van der Waals surface area contributed by atoms with E-state index in [4.69, 9.17) is 0 Å². The molecule has 0 spiro atoms. The van der Waals surface area contributed by atoms with Crippen LogP contribution in [0.3, 0.4) is 0 Å². The highest BCUT2D eigenvalue weighted by Crippen LogP contribution is 2.48. The predicted molar refractivity (Wildman–Crippen MR) is 68.6 cm³/mol. The number of rotatable bonds is 3. The van der Waals surface area contributed by atoms with Crippen LogP contribution < -0.4 is 0 Å². The van der Waals surface area contributed by atoms with Gasteiger partial charge < -0.3 is 10.2 Å². The minimum atomic E-state index is -0.552. The molecule has 0 heterocycles. The maximum atomic E-state index is 10.6. The van der Waals surface area contributed by atoms with E-state index in [1.807, 2.05) is 30.3 Å². The Bertz CT molecular complexity index is 349. The first-order valence-corrected chi connectivity index (χ1v) is 6.62. The molecule has 0 amide bonds. The maximum Gasteiger partial charge on any atom is 0.0870 e. The van der Waals surface area contributed by atoms with Crippen LogP contribution in [0.15, 0.2) is 30.3 Å². The molecular weight excluding hydrogens is 212 g/mol. The molecule has 2 heteroatoms. The van der Waals surface area contributed by atoms with Gasteiger partial charge in [0.25, 0.3) is 0 Å². The third kappa shape index (κ3) is 2.24. The zero-order valence-electron chi connectivity index (χ0n) is 10.5. The van der Waals surface area contributed by atoms with Gasteiger partial charge in [0.05, 0.1) is 12.2 Å². The standard InChI is InChI=1S/C15H22O2/c1-2-15(11-7-6-10-13(15)16)14(17)12-8-4-3-5-9-12/h3-5,8-9,13-14,16-17H,2,6-7,10-11H2,1H3/t13-,14?,15-/m0/s1.